The van der Waals surface area contributed by atoms with Gasteiger partial charge in [-0.1, -0.05) is 6.92 Å². The molecule has 2 heterocycles. The fourth-order valence-electron chi connectivity index (χ4n) is 1.79. The minimum Gasteiger partial charge on any atom is -0.493 e. The highest BCUT2D eigenvalue weighted by Crippen LogP contribution is 2.32. The molecule has 0 spiro atoms. The molecule has 0 aliphatic carbocycles. The standard InChI is InChI=1S/C12H16N4O/c1-3-7-16-11(10(17-2)8-15-16)9-5-4-6-14-12(9)13/h4-6,8H,3,7H2,1-2H3,(H2,13,14). The van der Waals surface area contributed by atoms with Crippen LogP contribution in [0.15, 0.2) is 24.5 Å². The van der Waals surface area contributed by atoms with Crippen molar-refractivity contribution < 1.29 is 4.74 Å². The Morgan fingerprint density at radius 1 is 1.47 bits per heavy atom. The van der Waals surface area contributed by atoms with Crippen LogP contribution in [0, 0.1) is 0 Å². The van der Waals surface area contributed by atoms with Crippen molar-refractivity contribution in [2.75, 3.05) is 12.8 Å². The average molecular weight is 232 g/mol. The number of nitrogen functional groups attached to an aromatic ring is 1. The molecule has 0 saturated heterocycles. The van der Waals surface area contributed by atoms with Gasteiger partial charge in [-0.15, -0.1) is 0 Å². The van der Waals surface area contributed by atoms with Crippen LogP contribution in [0.4, 0.5) is 5.82 Å². The highest BCUT2D eigenvalue weighted by Gasteiger charge is 2.15. The van der Waals surface area contributed by atoms with Gasteiger partial charge in [0.25, 0.3) is 0 Å². The van der Waals surface area contributed by atoms with E-state index in [2.05, 4.69) is 17.0 Å². The van der Waals surface area contributed by atoms with E-state index in [-0.39, 0.29) is 0 Å². The van der Waals surface area contributed by atoms with Crippen molar-refractivity contribution in [3.05, 3.63) is 24.5 Å². The predicted octanol–water partition coefficient (Wildman–Crippen LogP) is 1.95. The van der Waals surface area contributed by atoms with Gasteiger partial charge in [0.05, 0.1) is 13.3 Å². The van der Waals surface area contributed by atoms with E-state index in [1.807, 2.05) is 16.8 Å². The van der Waals surface area contributed by atoms with Crippen molar-refractivity contribution in [2.24, 2.45) is 0 Å². The SMILES string of the molecule is CCCn1ncc(OC)c1-c1cccnc1N. The summed E-state index contributed by atoms with van der Waals surface area (Å²) in [5.41, 5.74) is 7.64. The Morgan fingerprint density at radius 3 is 2.94 bits per heavy atom. The monoisotopic (exact) mass is 232 g/mol. The van der Waals surface area contributed by atoms with E-state index in [1.165, 1.54) is 0 Å². The fraction of sp³-hybridized carbons (Fsp3) is 0.333. The van der Waals surface area contributed by atoms with E-state index in [0.717, 1.165) is 30.0 Å². The third kappa shape index (κ3) is 2.08. The van der Waals surface area contributed by atoms with Gasteiger partial charge in [-0.2, -0.15) is 5.10 Å². The Hall–Kier alpha value is -2.04. The average Bonchev–Trinajstić information content (AvgIpc) is 2.73. The van der Waals surface area contributed by atoms with Crippen LogP contribution in [0.1, 0.15) is 13.3 Å². The molecule has 0 aliphatic rings. The molecule has 0 radical (unpaired) electrons. The number of nitrogens with two attached hydrogens (primary N) is 1. The van der Waals surface area contributed by atoms with Crippen molar-refractivity contribution in [1.29, 1.82) is 0 Å². The number of hydrogen-bond donors (Lipinski definition) is 1. The van der Waals surface area contributed by atoms with Crippen molar-refractivity contribution in [1.82, 2.24) is 14.8 Å². The first kappa shape index (κ1) is 11.4. The number of aryl methyl sites for hydroxylation is 1. The number of nitrogens with zero attached hydrogens (tertiary/aromatic N) is 3. The Labute approximate surface area is 100 Å². The van der Waals surface area contributed by atoms with Crippen LogP contribution in [-0.2, 0) is 6.54 Å². The summed E-state index contributed by atoms with van der Waals surface area (Å²) in [6, 6.07) is 3.78. The molecule has 0 atom stereocenters. The predicted molar refractivity (Wildman–Crippen MR) is 66.7 cm³/mol. The highest BCUT2D eigenvalue weighted by molar-refractivity contribution is 5.75. The fourth-order valence-corrected chi connectivity index (χ4v) is 1.79. The molecular weight excluding hydrogens is 216 g/mol. The minimum absolute atomic E-state index is 0.489. The number of anilines is 1. The van der Waals surface area contributed by atoms with Crippen molar-refractivity contribution >= 4 is 5.82 Å². The van der Waals surface area contributed by atoms with E-state index in [9.17, 15) is 0 Å². The maximum atomic E-state index is 5.89. The van der Waals surface area contributed by atoms with Crippen molar-refractivity contribution in [3.8, 4) is 17.0 Å². The Morgan fingerprint density at radius 2 is 2.29 bits per heavy atom. The molecule has 2 aromatic heterocycles. The summed E-state index contributed by atoms with van der Waals surface area (Å²) < 4.78 is 7.21. The summed E-state index contributed by atoms with van der Waals surface area (Å²) in [5, 5.41) is 4.30. The van der Waals surface area contributed by atoms with Crippen LogP contribution >= 0.6 is 0 Å². The van der Waals surface area contributed by atoms with E-state index in [1.54, 1.807) is 19.5 Å². The maximum absolute atomic E-state index is 5.89. The molecule has 2 N–H and O–H groups in total. The van der Waals surface area contributed by atoms with Gasteiger partial charge in [0.1, 0.15) is 11.5 Å². The molecule has 2 rings (SSSR count). The minimum atomic E-state index is 0.489. The second kappa shape index (κ2) is 4.86. The third-order valence-corrected chi connectivity index (χ3v) is 2.55. The first-order valence-corrected chi connectivity index (χ1v) is 5.58. The molecule has 5 nitrogen and oxygen atoms in total. The molecule has 0 aliphatic heterocycles. The lowest BCUT2D eigenvalue weighted by atomic mass is 10.1. The highest BCUT2D eigenvalue weighted by atomic mass is 16.5. The summed E-state index contributed by atoms with van der Waals surface area (Å²) in [6.45, 7) is 2.93. The number of aromatic nitrogens is 3. The van der Waals surface area contributed by atoms with Gasteiger partial charge in [-0.05, 0) is 18.6 Å². The van der Waals surface area contributed by atoms with E-state index in [4.69, 9.17) is 10.5 Å². The second-order valence-corrected chi connectivity index (χ2v) is 3.72. The normalized spacial score (nSPS) is 10.5. The van der Waals surface area contributed by atoms with Gasteiger partial charge < -0.3 is 10.5 Å². The Bertz CT molecular complexity index is 507. The van der Waals surface area contributed by atoms with Crippen LogP contribution in [-0.4, -0.2) is 21.9 Å². The lowest BCUT2D eigenvalue weighted by Gasteiger charge is -2.09. The van der Waals surface area contributed by atoms with Crippen LogP contribution in [0.25, 0.3) is 11.3 Å². The zero-order valence-corrected chi connectivity index (χ0v) is 10.1. The van der Waals surface area contributed by atoms with Gasteiger partial charge in [0.2, 0.25) is 0 Å². The van der Waals surface area contributed by atoms with Crippen LogP contribution in [0.5, 0.6) is 5.75 Å². The van der Waals surface area contributed by atoms with Crippen LogP contribution < -0.4 is 10.5 Å². The Balaban J connectivity index is 2.56. The lowest BCUT2D eigenvalue weighted by molar-refractivity contribution is 0.415. The summed E-state index contributed by atoms with van der Waals surface area (Å²) in [4.78, 5) is 4.09. The largest absolute Gasteiger partial charge is 0.493 e. The van der Waals surface area contributed by atoms with Crippen LogP contribution in [0.3, 0.4) is 0 Å². The lowest BCUT2D eigenvalue weighted by Crippen LogP contribution is -2.04. The molecule has 0 aromatic carbocycles. The van der Waals surface area contributed by atoms with Gasteiger partial charge in [-0.3, -0.25) is 4.68 Å². The van der Waals surface area contributed by atoms with E-state index >= 15 is 0 Å². The summed E-state index contributed by atoms with van der Waals surface area (Å²) in [7, 11) is 1.63. The van der Waals surface area contributed by atoms with Gasteiger partial charge in [0, 0.05) is 18.3 Å². The number of methoxy groups -OCH3 is 1. The first-order chi connectivity index (χ1) is 8.27. The maximum Gasteiger partial charge on any atom is 0.164 e. The first-order valence-electron chi connectivity index (χ1n) is 5.58. The molecule has 0 bridgehead atoms. The Kier molecular flexibility index (Phi) is 3.27. The quantitative estimate of drug-likeness (QED) is 0.874. The molecule has 17 heavy (non-hydrogen) atoms. The smallest absolute Gasteiger partial charge is 0.164 e. The molecule has 5 heteroatoms. The summed E-state index contributed by atoms with van der Waals surface area (Å²) in [5.74, 6) is 1.21. The molecule has 90 valence electrons. The number of pyridine rings is 1. The van der Waals surface area contributed by atoms with Crippen LogP contribution in [0.2, 0.25) is 0 Å². The third-order valence-electron chi connectivity index (χ3n) is 2.55. The number of hydrogen-bond acceptors (Lipinski definition) is 4. The van der Waals surface area contributed by atoms with Gasteiger partial charge in [0.15, 0.2) is 5.75 Å². The number of rotatable bonds is 4. The van der Waals surface area contributed by atoms with E-state index < -0.39 is 0 Å². The van der Waals surface area contributed by atoms with E-state index in [0.29, 0.717) is 5.82 Å². The zero-order valence-electron chi connectivity index (χ0n) is 10.1. The molecule has 2 aromatic rings. The van der Waals surface area contributed by atoms with Gasteiger partial charge in [-0.25, -0.2) is 4.98 Å². The molecule has 0 fully saturated rings. The van der Waals surface area contributed by atoms with Crippen molar-refractivity contribution in [2.45, 2.75) is 19.9 Å². The summed E-state index contributed by atoms with van der Waals surface area (Å²) >= 11 is 0. The summed E-state index contributed by atoms with van der Waals surface area (Å²) in [6.07, 6.45) is 4.38. The van der Waals surface area contributed by atoms with Gasteiger partial charge >= 0.3 is 0 Å². The molecule has 0 saturated carbocycles. The second-order valence-electron chi connectivity index (χ2n) is 3.72. The number of ether oxygens (including phenoxy) is 1. The zero-order chi connectivity index (χ0) is 12.3. The molecule has 0 amide bonds. The molecular formula is C12H16N4O. The molecule has 0 unspecified atom stereocenters. The van der Waals surface area contributed by atoms with Crippen molar-refractivity contribution in [3.63, 3.8) is 0 Å². The topological polar surface area (TPSA) is 66.0 Å².